The molecule has 5 heteroatoms. The maximum Gasteiger partial charge on any atom is 0.309 e. The van der Waals surface area contributed by atoms with Crippen LogP contribution in [0.3, 0.4) is 0 Å². The number of quaternary nitrogens is 1. The molecule has 0 aliphatic carbocycles. The maximum atomic E-state index is 11.8. The molecule has 26 heavy (non-hydrogen) atoms. The molecule has 0 bridgehead atoms. The van der Waals surface area contributed by atoms with Gasteiger partial charge in [-0.1, -0.05) is 32.9 Å². The first-order chi connectivity index (χ1) is 12.3. The van der Waals surface area contributed by atoms with Crippen LogP contribution in [0.25, 0.3) is 0 Å². The molecular weight excluding hydrogens is 330 g/mol. The molecule has 0 radical (unpaired) electrons. The monoisotopic (exact) mass is 364 g/mol. The average molecular weight is 365 g/mol. The molecule has 0 aromatic heterocycles. The van der Waals surface area contributed by atoms with Gasteiger partial charge in [-0.3, -0.25) is 4.79 Å². The summed E-state index contributed by atoms with van der Waals surface area (Å²) in [5, 5.41) is 10.3. The van der Waals surface area contributed by atoms with Crippen LogP contribution in [0.2, 0.25) is 0 Å². The molecule has 0 saturated carbocycles. The minimum absolute atomic E-state index is 0.0217. The highest BCUT2D eigenvalue weighted by Crippen LogP contribution is 2.24. The SMILES string of the molecule is CCOC(=O)C1CC[NH+](C[C@H](O)COc2ccc(C(C)(C)C)cc2)CC1. The summed E-state index contributed by atoms with van der Waals surface area (Å²) in [5.41, 5.74) is 1.39. The second-order valence-corrected chi connectivity index (χ2v) is 8.22. The van der Waals surface area contributed by atoms with Gasteiger partial charge < -0.3 is 19.5 Å². The number of carbonyl (C=O) groups is 1. The minimum atomic E-state index is -0.508. The third-order valence-electron chi connectivity index (χ3n) is 5.00. The summed E-state index contributed by atoms with van der Waals surface area (Å²) in [6.45, 7) is 11.5. The van der Waals surface area contributed by atoms with Gasteiger partial charge in [0, 0.05) is 12.8 Å². The van der Waals surface area contributed by atoms with E-state index in [4.69, 9.17) is 9.47 Å². The van der Waals surface area contributed by atoms with Gasteiger partial charge in [-0.05, 0) is 30.0 Å². The summed E-state index contributed by atoms with van der Waals surface area (Å²) in [4.78, 5) is 13.1. The zero-order valence-electron chi connectivity index (χ0n) is 16.6. The number of carbonyl (C=O) groups excluding carboxylic acids is 1. The van der Waals surface area contributed by atoms with Crippen molar-refractivity contribution in [1.82, 2.24) is 0 Å². The van der Waals surface area contributed by atoms with Gasteiger partial charge in [0.2, 0.25) is 0 Å². The highest BCUT2D eigenvalue weighted by molar-refractivity contribution is 5.72. The van der Waals surface area contributed by atoms with E-state index in [0.717, 1.165) is 31.7 Å². The van der Waals surface area contributed by atoms with Gasteiger partial charge in [0.1, 0.15) is 25.0 Å². The summed E-state index contributed by atoms with van der Waals surface area (Å²) in [5.74, 6) is 0.732. The minimum Gasteiger partial charge on any atom is -0.491 e. The van der Waals surface area contributed by atoms with Gasteiger partial charge in [-0.15, -0.1) is 0 Å². The van der Waals surface area contributed by atoms with E-state index in [2.05, 4.69) is 32.9 Å². The molecule has 1 atom stereocenters. The molecule has 0 amide bonds. The largest absolute Gasteiger partial charge is 0.491 e. The van der Waals surface area contributed by atoms with Crippen LogP contribution < -0.4 is 9.64 Å². The zero-order chi connectivity index (χ0) is 19.2. The maximum absolute atomic E-state index is 11.8. The normalized spacial score (nSPS) is 21.9. The lowest BCUT2D eigenvalue weighted by Crippen LogP contribution is -3.14. The number of aliphatic hydroxyl groups is 1. The first-order valence-corrected chi connectivity index (χ1v) is 9.71. The Morgan fingerprint density at radius 3 is 2.38 bits per heavy atom. The Hall–Kier alpha value is -1.59. The molecule has 1 aliphatic rings. The lowest BCUT2D eigenvalue weighted by atomic mass is 9.87. The van der Waals surface area contributed by atoms with E-state index < -0.39 is 6.10 Å². The molecule has 1 aromatic carbocycles. The number of nitrogens with one attached hydrogen (secondary N) is 1. The van der Waals surface area contributed by atoms with Crippen molar-refractivity contribution in [2.45, 2.75) is 52.1 Å². The van der Waals surface area contributed by atoms with Crippen molar-refractivity contribution in [2.24, 2.45) is 5.92 Å². The fraction of sp³-hybridized carbons (Fsp3) is 0.667. The van der Waals surface area contributed by atoms with Crippen molar-refractivity contribution in [3.8, 4) is 5.75 Å². The van der Waals surface area contributed by atoms with Crippen LogP contribution in [0, 0.1) is 5.92 Å². The molecule has 146 valence electrons. The molecule has 1 saturated heterocycles. The van der Waals surface area contributed by atoms with Gasteiger partial charge >= 0.3 is 5.97 Å². The number of piperidine rings is 1. The lowest BCUT2D eigenvalue weighted by molar-refractivity contribution is -0.908. The third-order valence-corrected chi connectivity index (χ3v) is 5.00. The Morgan fingerprint density at radius 1 is 1.23 bits per heavy atom. The van der Waals surface area contributed by atoms with Gasteiger partial charge in [0.25, 0.3) is 0 Å². The van der Waals surface area contributed by atoms with E-state index in [1.807, 2.05) is 19.1 Å². The fourth-order valence-corrected chi connectivity index (χ4v) is 3.36. The molecule has 1 heterocycles. The number of rotatable bonds is 7. The number of benzene rings is 1. The standard InChI is InChI=1S/C21H33NO4/c1-5-25-20(24)16-10-12-22(13-11-16)14-18(23)15-26-19-8-6-17(7-9-19)21(2,3)4/h6-9,16,18,23H,5,10-15H2,1-4H3/p+1/t18-/m0/s1. The quantitative estimate of drug-likeness (QED) is 0.721. The molecule has 1 aromatic rings. The molecular formula is C21H34NO4+. The fourth-order valence-electron chi connectivity index (χ4n) is 3.36. The van der Waals surface area contributed by atoms with E-state index in [0.29, 0.717) is 19.8 Å². The smallest absolute Gasteiger partial charge is 0.309 e. The Bertz CT molecular complexity index is 556. The number of hydrogen-bond donors (Lipinski definition) is 2. The van der Waals surface area contributed by atoms with Crippen molar-refractivity contribution in [1.29, 1.82) is 0 Å². The van der Waals surface area contributed by atoms with E-state index in [9.17, 15) is 9.90 Å². The summed E-state index contributed by atoms with van der Waals surface area (Å²) >= 11 is 0. The molecule has 1 aliphatic heterocycles. The van der Waals surface area contributed by atoms with E-state index in [-0.39, 0.29) is 17.3 Å². The first-order valence-electron chi connectivity index (χ1n) is 9.71. The van der Waals surface area contributed by atoms with Crippen LogP contribution in [0.15, 0.2) is 24.3 Å². The zero-order valence-corrected chi connectivity index (χ0v) is 16.6. The summed E-state index contributed by atoms with van der Waals surface area (Å²) < 4.78 is 10.8. The number of esters is 1. The average Bonchev–Trinajstić information content (AvgIpc) is 2.60. The second-order valence-electron chi connectivity index (χ2n) is 8.22. The number of likely N-dealkylation sites (tertiary alicyclic amines) is 1. The van der Waals surface area contributed by atoms with Gasteiger partial charge in [-0.2, -0.15) is 0 Å². The van der Waals surface area contributed by atoms with Crippen LogP contribution in [0.4, 0.5) is 0 Å². The van der Waals surface area contributed by atoms with E-state index >= 15 is 0 Å². The van der Waals surface area contributed by atoms with E-state index in [1.165, 1.54) is 10.5 Å². The summed E-state index contributed by atoms with van der Waals surface area (Å²) in [6.07, 6.45) is 1.15. The molecule has 2 N–H and O–H groups in total. The van der Waals surface area contributed by atoms with Gasteiger partial charge in [0.15, 0.2) is 0 Å². The lowest BCUT2D eigenvalue weighted by Gasteiger charge is -2.29. The second kappa shape index (κ2) is 9.38. The number of aliphatic hydroxyl groups excluding tert-OH is 1. The van der Waals surface area contributed by atoms with Crippen LogP contribution in [0.1, 0.15) is 46.1 Å². The number of ether oxygens (including phenoxy) is 2. The predicted octanol–water partition coefficient (Wildman–Crippen LogP) is 1.58. The molecule has 0 unspecified atom stereocenters. The topological polar surface area (TPSA) is 60.2 Å². The van der Waals surface area contributed by atoms with Crippen LogP contribution in [-0.4, -0.2) is 50.0 Å². The summed E-state index contributed by atoms with van der Waals surface area (Å²) in [6, 6.07) is 8.08. The molecule has 5 nitrogen and oxygen atoms in total. The van der Waals surface area contributed by atoms with Crippen molar-refractivity contribution in [3.05, 3.63) is 29.8 Å². The van der Waals surface area contributed by atoms with E-state index in [1.54, 1.807) is 0 Å². The van der Waals surface area contributed by atoms with Crippen molar-refractivity contribution in [2.75, 3.05) is 32.8 Å². The Kier molecular flexibility index (Phi) is 7.47. The van der Waals surface area contributed by atoms with Crippen molar-refractivity contribution >= 4 is 5.97 Å². The van der Waals surface area contributed by atoms with Crippen molar-refractivity contribution in [3.63, 3.8) is 0 Å². The van der Waals surface area contributed by atoms with Gasteiger partial charge in [-0.25, -0.2) is 0 Å². The Balaban J connectivity index is 1.71. The first kappa shape index (κ1) is 20.7. The highest BCUT2D eigenvalue weighted by Gasteiger charge is 2.29. The molecule has 0 spiro atoms. The van der Waals surface area contributed by atoms with Crippen LogP contribution in [0.5, 0.6) is 5.75 Å². The van der Waals surface area contributed by atoms with Crippen LogP contribution in [-0.2, 0) is 14.9 Å². The number of hydrogen-bond acceptors (Lipinski definition) is 4. The Labute approximate surface area is 157 Å². The summed E-state index contributed by atoms with van der Waals surface area (Å²) in [7, 11) is 0. The predicted molar refractivity (Wildman–Crippen MR) is 102 cm³/mol. The van der Waals surface area contributed by atoms with Crippen molar-refractivity contribution < 1.29 is 24.3 Å². The third kappa shape index (κ3) is 6.29. The van der Waals surface area contributed by atoms with Gasteiger partial charge in [0.05, 0.1) is 25.6 Å². The van der Waals surface area contributed by atoms with Crippen LogP contribution >= 0.6 is 0 Å². The highest BCUT2D eigenvalue weighted by atomic mass is 16.5. The Morgan fingerprint density at radius 2 is 1.85 bits per heavy atom. The molecule has 1 fully saturated rings. The molecule has 2 rings (SSSR count).